The van der Waals surface area contributed by atoms with Gasteiger partial charge in [0.25, 0.3) is 0 Å². The van der Waals surface area contributed by atoms with Gasteiger partial charge >= 0.3 is 5.97 Å². The van der Waals surface area contributed by atoms with E-state index in [2.05, 4.69) is 22.4 Å². The highest BCUT2D eigenvalue weighted by Gasteiger charge is 2.19. The molecule has 0 amide bonds. The van der Waals surface area contributed by atoms with Crippen LogP contribution in [0.15, 0.2) is 60.0 Å². The first-order valence-electron chi connectivity index (χ1n) is 9.18. The van der Waals surface area contributed by atoms with Crippen molar-refractivity contribution in [2.75, 3.05) is 5.32 Å². The number of hydrogen-bond acceptors (Lipinski definition) is 5. The standard InChI is InChI=1S/C21H21ClFN3O3/c1-13(25-26-20(21(27)28)14-7-3-2-4-8-14)24-18-12-19(16(22)11-17(18)23)29-15-9-5-6-10-15/h2-4,7-8,11-12,15,24-25H,1,5-6,9-10H2,(H,27,28)/b26-20+. The molecule has 2 aromatic rings. The molecule has 0 unspecified atom stereocenters. The number of anilines is 1. The third-order valence-electron chi connectivity index (χ3n) is 4.46. The summed E-state index contributed by atoms with van der Waals surface area (Å²) in [6, 6.07) is 11.0. The molecule has 152 valence electrons. The van der Waals surface area contributed by atoms with E-state index in [0.717, 1.165) is 31.7 Å². The summed E-state index contributed by atoms with van der Waals surface area (Å²) in [6.07, 6.45) is 4.15. The Morgan fingerprint density at radius 1 is 1.24 bits per heavy atom. The van der Waals surface area contributed by atoms with E-state index in [1.54, 1.807) is 30.3 Å². The minimum Gasteiger partial charge on any atom is -0.489 e. The van der Waals surface area contributed by atoms with E-state index in [1.165, 1.54) is 6.07 Å². The van der Waals surface area contributed by atoms with Gasteiger partial charge in [-0.05, 0) is 31.7 Å². The highest BCUT2D eigenvalue weighted by molar-refractivity contribution is 6.42. The van der Waals surface area contributed by atoms with Crippen molar-refractivity contribution in [1.29, 1.82) is 0 Å². The number of ether oxygens (including phenoxy) is 1. The lowest BCUT2D eigenvalue weighted by Crippen LogP contribution is -2.21. The van der Waals surface area contributed by atoms with E-state index < -0.39 is 11.8 Å². The first kappa shape index (κ1) is 20.7. The number of halogens is 2. The van der Waals surface area contributed by atoms with Crippen molar-refractivity contribution in [1.82, 2.24) is 5.43 Å². The molecule has 0 heterocycles. The van der Waals surface area contributed by atoms with E-state index >= 15 is 0 Å². The highest BCUT2D eigenvalue weighted by Crippen LogP contribution is 2.34. The smallest absolute Gasteiger partial charge is 0.356 e. The Bertz CT molecular complexity index is 928. The number of nitrogens with zero attached hydrogens (tertiary/aromatic N) is 1. The van der Waals surface area contributed by atoms with Gasteiger partial charge in [0.1, 0.15) is 17.4 Å². The summed E-state index contributed by atoms with van der Waals surface area (Å²) in [5, 5.41) is 16.1. The van der Waals surface area contributed by atoms with Crippen LogP contribution in [0.1, 0.15) is 31.2 Å². The molecule has 0 bridgehead atoms. The molecule has 1 fully saturated rings. The van der Waals surface area contributed by atoms with Crippen molar-refractivity contribution >= 4 is 29.0 Å². The fourth-order valence-electron chi connectivity index (χ4n) is 3.05. The van der Waals surface area contributed by atoms with Crippen molar-refractivity contribution < 1.29 is 19.0 Å². The molecule has 0 aliphatic heterocycles. The van der Waals surface area contributed by atoms with Crippen LogP contribution in [-0.4, -0.2) is 22.9 Å². The lowest BCUT2D eigenvalue weighted by atomic mass is 10.1. The predicted molar refractivity (Wildman–Crippen MR) is 111 cm³/mol. The maximum atomic E-state index is 14.3. The largest absolute Gasteiger partial charge is 0.489 e. The summed E-state index contributed by atoms with van der Waals surface area (Å²) in [6.45, 7) is 3.71. The summed E-state index contributed by atoms with van der Waals surface area (Å²) < 4.78 is 20.2. The first-order valence-corrected chi connectivity index (χ1v) is 9.56. The zero-order chi connectivity index (χ0) is 20.8. The van der Waals surface area contributed by atoms with Crippen molar-refractivity contribution in [3.8, 4) is 5.75 Å². The minimum absolute atomic E-state index is 0.0701. The van der Waals surface area contributed by atoms with Crippen molar-refractivity contribution in [3.63, 3.8) is 0 Å². The van der Waals surface area contributed by atoms with Crippen LogP contribution in [-0.2, 0) is 4.79 Å². The number of hydrazone groups is 1. The fraction of sp³-hybridized carbons (Fsp3) is 0.238. The molecule has 0 atom stereocenters. The monoisotopic (exact) mass is 417 g/mol. The molecule has 29 heavy (non-hydrogen) atoms. The van der Waals surface area contributed by atoms with Gasteiger partial charge in [0.05, 0.1) is 16.8 Å². The van der Waals surface area contributed by atoms with E-state index in [-0.39, 0.29) is 28.3 Å². The molecular formula is C21H21ClFN3O3. The Morgan fingerprint density at radius 2 is 1.93 bits per heavy atom. The predicted octanol–water partition coefficient (Wildman–Crippen LogP) is 4.76. The van der Waals surface area contributed by atoms with Crippen LogP contribution in [0.2, 0.25) is 5.02 Å². The van der Waals surface area contributed by atoms with Crippen LogP contribution < -0.4 is 15.5 Å². The number of benzene rings is 2. The SMILES string of the molecule is C=C(N/N=C(/C(=O)O)c1ccccc1)Nc1cc(OC2CCCC2)c(Cl)cc1F. The molecule has 0 aromatic heterocycles. The average Bonchev–Trinajstić information content (AvgIpc) is 3.19. The van der Waals surface area contributed by atoms with Gasteiger partial charge in [0, 0.05) is 11.6 Å². The molecule has 8 heteroatoms. The quantitative estimate of drug-likeness (QED) is 0.426. The van der Waals surface area contributed by atoms with Gasteiger partial charge < -0.3 is 15.2 Å². The molecule has 2 aromatic carbocycles. The number of rotatable bonds is 8. The van der Waals surface area contributed by atoms with Crippen LogP contribution in [0, 0.1) is 5.82 Å². The summed E-state index contributed by atoms with van der Waals surface area (Å²) >= 11 is 6.10. The Hall–Kier alpha value is -3.06. The summed E-state index contributed by atoms with van der Waals surface area (Å²) in [5.41, 5.74) is 2.82. The van der Waals surface area contributed by atoms with E-state index in [0.29, 0.717) is 11.3 Å². The molecular weight excluding hydrogens is 397 g/mol. The van der Waals surface area contributed by atoms with Crippen molar-refractivity contribution in [2.45, 2.75) is 31.8 Å². The van der Waals surface area contributed by atoms with Gasteiger partial charge in [0.15, 0.2) is 5.71 Å². The summed E-state index contributed by atoms with van der Waals surface area (Å²) in [5.74, 6) is -1.33. The van der Waals surface area contributed by atoms with Crippen LogP contribution in [0.3, 0.4) is 0 Å². The Morgan fingerprint density at radius 3 is 2.59 bits per heavy atom. The number of hydrogen-bond donors (Lipinski definition) is 3. The molecule has 0 saturated heterocycles. The number of carbonyl (C=O) groups is 1. The van der Waals surface area contributed by atoms with Gasteiger partial charge in [0.2, 0.25) is 0 Å². The van der Waals surface area contributed by atoms with E-state index in [9.17, 15) is 14.3 Å². The molecule has 1 aliphatic rings. The number of aliphatic carboxylic acids is 1. The Balaban J connectivity index is 1.71. The van der Waals surface area contributed by atoms with Gasteiger partial charge in [-0.15, -0.1) is 0 Å². The lowest BCUT2D eigenvalue weighted by Gasteiger charge is -2.17. The number of carboxylic acids is 1. The van der Waals surface area contributed by atoms with Crippen LogP contribution in [0.4, 0.5) is 10.1 Å². The van der Waals surface area contributed by atoms with Crippen LogP contribution >= 0.6 is 11.6 Å². The third-order valence-corrected chi connectivity index (χ3v) is 4.75. The van der Waals surface area contributed by atoms with Gasteiger partial charge in [-0.25, -0.2) is 9.18 Å². The molecule has 1 aliphatic carbocycles. The average molecular weight is 418 g/mol. The Kier molecular flexibility index (Phi) is 6.72. The number of carboxylic acid groups (broad SMARTS) is 1. The third kappa shape index (κ3) is 5.48. The number of nitrogens with one attached hydrogen (secondary N) is 2. The second-order valence-corrected chi connectivity index (χ2v) is 7.04. The van der Waals surface area contributed by atoms with Crippen LogP contribution in [0.25, 0.3) is 0 Å². The molecule has 0 radical (unpaired) electrons. The molecule has 0 spiro atoms. The summed E-state index contributed by atoms with van der Waals surface area (Å²) in [7, 11) is 0. The zero-order valence-corrected chi connectivity index (χ0v) is 16.4. The molecule has 1 saturated carbocycles. The van der Waals surface area contributed by atoms with Crippen LogP contribution in [0.5, 0.6) is 5.75 Å². The lowest BCUT2D eigenvalue weighted by molar-refractivity contribution is -0.129. The normalized spacial score (nSPS) is 14.5. The molecule has 3 rings (SSSR count). The topological polar surface area (TPSA) is 83.0 Å². The molecule has 3 N–H and O–H groups in total. The van der Waals surface area contributed by atoms with Crippen molar-refractivity contribution in [2.24, 2.45) is 5.10 Å². The van der Waals surface area contributed by atoms with Gasteiger partial charge in [-0.2, -0.15) is 5.10 Å². The maximum Gasteiger partial charge on any atom is 0.356 e. The fourth-order valence-corrected chi connectivity index (χ4v) is 3.24. The Labute approximate surface area is 173 Å². The molecule has 6 nitrogen and oxygen atoms in total. The first-order chi connectivity index (χ1) is 13.9. The second-order valence-electron chi connectivity index (χ2n) is 6.63. The maximum absolute atomic E-state index is 14.3. The van der Waals surface area contributed by atoms with E-state index in [1.807, 2.05) is 0 Å². The van der Waals surface area contributed by atoms with E-state index in [4.69, 9.17) is 16.3 Å². The minimum atomic E-state index is -1.21. The zero-order valence-electron chi connectivity index (χ0n) is 15.6. The second kappa shape index (κ2) is 9.43. The van der Waals surface area contributed by atoms with Gasteiger partial charge in [-0.1, -0.05) is 48.5 Å². The van der Waals surface area contributed by atoms with Crippen molar-refractivity contribution in [3.05, 3.63) is 71.3 Å². The van der Waals surface area contributed by atoms with Gasteiger partial charge in [-0.3, -0.25) is 5.43 Å². The highest BCUT2D eigenvalue weighted by atomic mass is 35.5. The summed E-state index contributed by atoms with van der Waals surface area (Å²) in [4.78, 5) is 11.5.